The number of carbonyl (C=O) groups excluding carboxylic acids is 1. The number of halogens is 1. The fourth-order valence-electron chi connectivity index (χ4n) is 2.68. The number of rotatable bonds is 5. The fraction of sp³-hybridized carbons (Fsp3) is 0.562. The van der Waals surface area contributed by atoms with Gasteiger partial charge in [-0.25, -0.2) is 0 Å². The Morgan fingerprint density at radius 3 is 3.00 bits per heavy atom. The first-order valence-electron chi connectivity index (χ1n) is 7.60. The molecule has 1 aromatic rings. The van der Waals surface area contributed by atoms with E-state index in [1.54, 1.807) is 0 Å². The lowest BCUT2D eigenvalue weighted by Crippen LogP contribution is -2.35. The Morgan fingerprint density at radius 2 is 2.29 bits per heavy atom. The first-order chi connectivity index (χ1) is 10.1. The maximum Gasteiger partial charge on any atom is 0.224 e. The van der Waals surface area contributed by atoms with Gasteiger partial charge < -0.3 is 15.5 Å². The molecule has 5 heteroatoms. The van der Waals surface area contributed by atoms with Crippen molar-refractivity contribution in [3.63, 3.8) is 0 Å². The van der Waals surface area contributed by atoms with Crippen molar-refractivity contribution in [3.8, 4) is 0 Å². The van der Waals surface area contributed by atoms with Crippen LogP contribution in [0.4, 0.5) is 11.4 Å². The predicted octanol–water partition coefficient (Wildman–Crippen LogP) is 3.44. The minimum atomic E-state index is 0.0113. The summed E-state index contributed by atoms with van der Waals surface area (Å²) in [6.45, 7) is 5.06. The molecule has 0 bridgehead atoms. The molecule has 1 atom stereocenters. The number of carbonyl (C=O) groups is 1. The molecule has 0 spiro atoms. The predicted molar refractivity (Wildman–Crippen MR) is 89.1 cm³/mol. The van der Waals surface area contributed by atoms with Gasteiger partial charge >= 0.3 is 0 Å². The van der Waals surface area contributed by atoms with Gasteiger partial charge in [-0.2, -0.15) is 0 Å². The van der Waals surface area contributed by atoms with Crippen LogP contribution in [0.2, 0.25) is 5.02 Å². The van der Waals surface area contributed by atoms with Crippen molar-refractivity contribution < 1.29 is 4.79 Å². The third-order valence-electron chi connectivity index (χ3n) is 3.87. The summed E-state index contributed by atoms with van der Waals surface area (Å²) in [5.41, 5.74) is 1.67. The van der Waals surface area contributed by atoms with Crippen molar-refractivity contribution in [3.05, 3.63) is 23.2 Å². The summed E-state index contributed by atoms with van der Waals surface area (Å²) in [7, 11) is 2.17. The molecular weight excluding hydrogens is 286 g/mol. The van der Waals surface area contributed by atoms with Crippen LogP contribution in [0.3, 0.4) is 0 Å². The number of hydrogen-bond donors (Lipinski definition) is 2. The van der Waals surface area contributed by atoms with Gasteiger partial charge in [0, 0.05) is 25.2 Å². The van der Waals surface area contributed by atoms with E-state index in [2.05, 4.69) is 22.6 Å². The Balaban J connectivity index is 1.95. The van der Waals surface area contributed by atoms with Crippen LogP contribution in [0, 0.1) is 5.92 Å². The zero-order chi connectivity index (χ0) is 15.2. The summed E-state index contributed by atoms with van der Waals surface area (Å²) in [6, 6.07) is 5.56. The molecule has 116 valence electrons. The summed E-state index contributed by atoms with van der Waals surface area (Å²) in [5, 5.41) is 6.97. The zero-order valence-electron chi connectivity index (χ0n) is 12.8. The van der Waals surface area contributed by atoms with Gasteiger partial charge in [-0.3, -0.25) is 4.79 Å². The molecule has 0 aromatic heterocycles. The minimum Gasteiger partial charge on any atom is -0.383 e. The highest BCUT2D eigenvalue weighted by atomic mass is 35.5. The summed E-state index contributed by atoms with van der Waals surface area (Å²) in [5.74, 6) is 0.658. The Labute approximate surface area is 131 Å². The van der Waals surface area contributed by atoms with Gasteiger partial charge in [-0.1, -0.05) is 18.5 Å². The van der Waals surface area contributed by atoms with Crippen LogP contribution in [0.1, 0.15) is 26.2 Å². The third kappa shape index (κ3) is 4.90. The van der Waals surface area contributed by atoms with E-state index in [-0.39, 0.29) is 5.91 Å². The number of nitrogens with one attached hydrogen (secondary N) is 2. The van der Waals surface area contributed by atoms with Gasteiger partial charge in [0.15, 0.2) is 0 Å². The van der Waals surface area contributed by atoms with Crippen molar-refractivity contribution in [1.29, 1.82) is 0 Å². The van der Waals surface area contributed by atoms with Crippen molar-refractivity contribution in [2.24, 2.45) is 5.92 Å². The third-order valence-corrected chi connectivity index (χ3v) is 4.20. The fourth-order valence-corrected chi connectivity index (χ4v) is 2.87. The summed E-state index contributed by atoms with van der Waals surface area (Å²) in [4.78, 5) is 13.8. The highest BCUT2D eigenvalue weighted by Gasteiger charge is 2.17. The molecule has 1 saturated heterocycles. The van der Waals surface area contributed by atoms with E-state index in [1.165, 1.54) is 19.4 Å². The van der Waals surface area contributed by atoms with E-state index in [4.69, 9.17) is 11.6 Å². The molecule has 0 radical (unpaired) electrons. The smallest absolute Gasteiger partial charge is 0.224 e. The van der Waals surface area contributed by atoms with E-state index in [0.29, 0.717) is 17.4 Å². The van der Waals surface area contributed by atoms with Gasteiger partial charge in [-0.05, 0) is 50.6 Å². The molecule has 2 rings (SSSR count). The van der Waals surface area contributed by atoms with Crippen LogP contribution in [0.25, 0.3) is 0 Å². The van der Waals surface area contributed by atoms with E-state index >= 15 is 0 Å². The Hall–Kier alpha value is -1.26. The molecular formula is C16H24ClN3O. The van der Waals surface area contributed by atoms with Gasteiger partial charge in [0.05, 0.1) is 10.7 Å². The maximum atomic E-state index is 11.4. The number of benzene rings is 1. The summed E-state index contributed by atoms with van der Waals surface area (Å²) in [6.07, 6.45) is 2.98. The van der Waals surface area contributed by atoms with E-state index < -0.39 is 0 Å². The van der Waals surface area contributed by atoms with Crippen molar-refractivity contribution in [2.75, 3.05) is 37.3 Å². The van der Waals surface area contributed by atoms with Crippen molar-refractivity contribution in [2.45, 2.75) is 26.2 Å². The first kappa shape index (κ1) is 16.1. The van der Waals surface area contributed by atoms with Gasteiger partial charge in [0.25, 0.3) is 0 Å². The molecule has 1 aromatic carbocycles. The highest BCUT2D eigenvalue weighted by Crippen LogP contribution is 2.26. The van der Waals surface area contributed by atoms with Gasteiger partial charge in [0.2, 0.25) is 5.91 Å². The second kappa shape index (κ2) is 7.66. The SMILES string of the molecule is CCC(=O)Nc1ccc(Cl)c(NCC2CCCN(C)C2)c1. The average Bonchev–Trinajstić information content (AvgIpc) is 2.47. The van der Waals surface area contributed by atoms with Gasteiger partial charge in [0.1, 0.15) is 0 Å². The van der Waals surface area contributed by atoms with Gasteiger partial charge in [-0.15, -0.1) is 0 Å². The normalized spacial score (nSPS) is 19.3. The van der Waals surface area contributed by atoms with Crippen LogP contribution in [-0.4, -0.2) is 37.5 Å². The Kier molecular flexibility index (Phi) is 5.88. The van der Waals surface area contributed by atoms with Crippen LogP contribution in [0.5, 0.6) is 0 Å². The van der Waals surface area contributed by atoms with Crippen LogP contribution < -0.4 is 10.6 Å². The average molecular weight is 310 g/mol. The Morgan fingerprint density at radius 1 is 1.48 bits per heavy atom. The zero-order valence-corrected chi connectivity index (χ0v) is 13.5. The number of amides is 1. The summed E-state index contributed by atoms with van der Waals surface area (Å²) >= 11 is 6.23. The minimum absolute atomic E-state index is 0.0113. The number of anilines is 2. The van der Waals surface area contributed by atoms with Crippen LogP contribution >= 0.6 is 11.6 Å². The molecule has 1 aliphatic heterocycles. The molecule has 2 N–H and O–H groups in total. The molecule has 4 nitrogen and oxygen atoms in total. The van der Waals surface area contributed by atoms with Crippen LogP contribution in [-0.2, 0) is 4.79 Å². The number of hydrogen-bond acceptors (Lipinski definition) is 3. The molecule has 1 heterocycles. The van der Waals surface area contributed by atoms with Crippen molar-refractivity contribution in [1.82, 2.24) is 4.90 Å². The van der Waals surface area contributed by atoms with E-state index in [0.717, 1.165) is 24.5 Å². The number of piperidine rings is 1. The topological polar surface area (TPSA) is 44.4 Å². The molecule has 1 unspecified atom stereocenters. The number of likely N-dealkylation sites (tertiary alicyclic amines) is 1. The van der Waals surface area contributed by atoms with E-state index in [1.807, 2.05) is 25.1 Å². The molecule has 1 fully saturated rings. The molecule has 0 saturated carbocycles. The lowest BCUT2D eigenvalue weighted by molar-refractivity contribution is -0.115. The summed E-state index contributed by atoms with van der Waals surface area (Å²) < 4.78 is 0. The lowest BCUT2D eigenvalue weighted by atomic mass is 9.98. The monoisotopic (exact) mass is 309 g/mol. The quantitative estimate of drug-likeness (QED) is 0.875. The molecule has 21 heavy (non-hydrogen) atoms. The largest absolute Gasteiger partial charge is 0.383 e. The maximum absolute atomic E-state index is 11.4. The molecule has 1 amide bonds. The lowest BCUT2D eigenvalue weighted by Gasteiger charge is -2.30. The first-order valence-corrected chi connectivity index (χ1v) is 7.98. The van der Waals surface area contributed by atoms with Crippen molar-refractivity contribution >= 4 is 28.9 Å². The molecule has 0 aliphatic carbocycles. The van der Waals surface area contributed by atoms with Crippen LogP contribution in [0.15, 0.2) is 18.2 Å². The number of nitrogens with zero attached hydrogens (tertiary/aromatic N) is 1. The second-order valence-corrected chi connectivity index (χ2v) is 6.15. The second-order valence-electron chi connectivity index (χ2n) is 5.75. The highest BCUT2D eigenvalue weighted by molar-refractivity contribution is 6.33. The standard InChI is InChI=1S/C16H24ClN3O/c1-3-16(21)19-13-6-7-14(17)15(9-13)18-10-12-5-4-8-20(2)11-12/h6-7,9,12,18H,3-5,8,10-11H2,1-2H3,(H,19,21). The Bertz CT molecular complexity index is 492. The molecule has 1 aliphatic rings. The van der Waals surface area contributed by atoms with E-state index in [9.17, 15) is 4.79 Å².